The van der Waals surface area contributed by atoms with Crippen LogP contribution in [0.1, 0.15) is 32.1 Å². The summed E-state index contributed by atoms with van der Waals surface area (Å²) in [6.45, 7) is 1.20. The molecule has 0 bridgehead atoms. The Morgan fingerprint density at radius 2 is 2.27 bits per heavy atom. The van der Waals surface area contributed by atoms with Crippen LogP contribution in [0.5, 0.6) is 0 Å². The van der Waals surface area contributed by atoms with Crippen LogP contribution >= 0.6 is 23.1 Å². The van der Waals surface area contributed by atoms with Crippen molar-refractivity contribution in [2.24, 2.45) is 0 Å². The van der Waals surface area contributed by atoms with Gasteiger partial charge in [0.2, 0.25) is 0 Å². The average molecular weight is 241 g/mol. The minimum Gasteiger partial charge on any atom is -0.314 e. The molecular formula is C12H19NS2. The highest BCUT2D eigenvalue weighted by Gasteiger charge is 2.12. The number of thioether (sulfide) groups is 1. The van der Waals surface area contributed by atoms with Crippen molar-refractivity contribution in [3.63, 3.8) is 0 Å². The fourth-order valence-electron chi connectivity index (χ4n) is 2.03. The van der Waals surface area contributed by atoms with Gasteiger partial charge in [-0.25, -0.2) is 0 Å². The van der Waals surface area contributed by atoms with Crippen LogP contribution in [0, 0.1) is 0 Å². The van der Waals surface area contributed by atoms with Crippen molar-refractivity contribution in [1.82, 2.24) is 5.32 Å². The Bertz CT molecular complexity index is 253. The molecule has 0 aliphatic heterocycles. The summed E-state index contributed by atoms with van der Waals surface area (Å²) >= 11 is 3.84. The molecule has 0 atom stereocenters. The maximum atomic E-state index is 3.65. The van der Waals surface area contributed by atoms with Crippen molar-refractivity contribution in [1.29, 1.82) is 0 Å². The van der Waals surface area contributed by atoms with Crippen LogP contribution in [0.2, 0.25) is 0 Å². The van der Waals surface area contributed by atoms with E-state index in [1.807, 2.05) is 23.1 Å². The van der Waals surface area contributed by atoms with Crippen molar-refractivity contribution in [3.8, 4) is 0 Å². The van der Waals surface area contributed by atoms with Gasteiger partial charge >= 0.3 is 0 Å². The van der Waals surface area contributed by atoms with Gasteiger partial charge in [-0.05, 0) is 43.0 Å². The largest absolute Gasteiger partial charge is 0.314 e. The smallest absolute Gasteiger partial charge is 0.0598 e. The molecule has 0 saturated heterocycles. The second-order valence-corrected chi connectivity index (χ2v) is 6.41. The van der Waals surface area contributed by atoms with Crippen LogP contribution in [0.4, 0.5) is 0 Å². The fourth-order valence-corrected chi connectivity index (χ4v) is 3.83. The van der Waals surface area contributed by atoms with E-state index in [4.69, 9.17) is 0 Å². The first-order chi connectivity index (χ1) is 7.45. The van der Waals surface area contributed by atoms with Gasteiger partial charge in [0.15, 0.2) is 0 Å². The standard InChI is InChI=1S/C12H19NS2/c1-2-6-11(5-1)13-8-4-10-15-12-7-3-9-14-12/h3,7,9,11,13H,1-2,4-6,8,10H2. The first-order valence-electron chi connectivity index (χ1n) is 5.85. The van der Waals surface area contributed by atoms with E-state index >= 15 is 0 Å². The van der Waals surface area contributed by atoms with Crippen LogP contribution < -0.4 is 5.32 Å². The number of nitrogens with one attached hydrogen (secondary N) is 1. The Morgan fingerprint density at radius 1 is 1.40 bits per heavy atom. The number of rotatable bonds is 6. The van der Waals surface area contributed by atoms with Crippen molar-refractivity contribution in [2.45, 2.75) is 42.4 Å². The molecule has 0 aromatic carbocycles. The molecule has 84 valence electrons. The lowest BCUT2D eigenvalue weighted by Crippen LogP contribution is -2.27. The summed E-state index contributed by atoms with van der Waals surface area (Å²) in [5.41, 5.74) is 0. The summed E-state index contributed by atoms with van der Waals surface area (Å²) < 4.78 is 1.45. The van der Waals surface area contributed by atoms with E-state index in [0.29, 0.717) is 0 Å². The molecule has 1 aliphatic carbocycles. The molecule has 0 radical (unpaired) electrons. The Balaban J connectivity index is 1.48. The second-order valence-electron chi connectivity index (χ2n) is 4.07. The van der Waals surface area contributed by atoms with E-state index in [2.05, 4.69) is 22.8 Å². The molecule has 1 fully saturated rings. The molecule has 0 amide bonds. The van der Waals surface area contributed by atoms with Gasteiger partial charge in [0.25, 0.3) is 0 Å². The highest BCUT2D eigenvalue weighted by atomic mass is 32.2. The van der Waals surface area contributed by atoms with E-state index in [9.17, 15) is 0 Å². The van der Waals surface area contributed by atoms with Gasteiger partial charge in [-0.3, -0.25) is 0 Å². The van der Waals surface area contributed by atoms with E-state index in [0.717, 1.165) is 6.04 Å². The van der Waals surface area contributed by atoms with E-state index in [1.54, 1.807) is 0 Å². The van der Waals surface area contributed by atoms with Crippen LogP contribution in [0.3, 0.4) is 0 Å². The first-order valence-corrected chi connectivity index (χ1v) is 7.71. The summed E-state index contributed by atoms with van der Waals surface area (Å²) in [6.07, 6.45) is 6.96. The average Bonchev–Trinajstić information content (AvgIpc) is 2.88. The number of hydrogen-bond acceptors (Lipinski definition) is 3. The number of hydrogen-bond donors (Lipinski definition) is 1. The molecule has 1 heterocycles. The molecule has 1 aliphatic rings. The third kappa shape index (κ3) is 4.17. The summed E-state index contributed by atoms with van der Waals surface area (Å²) in [4.78, 5) is 0. The Kier molecular flexibility index (Phi) is 5.03. The number of thiophene rings is 1. The molecule has 1 saturated carbocycles. The van der Waals surface area contributed by atoms with Crippen molar-refractivity contribution >= 4 is 23.1 Å². The van der Waals surface area contributed by atoms with Crippen LogP contribution in [0.15, 0.2) is 21.7 Å². The normalized spacial score (nSPS) is 17.3. The molecule has 1 N–H and O–H groups in total. The quantitative estimate of drug-likeness (QED) is 0.601. The molecule has 3 heteroatoms. The van der Waals surface area contributed by atoms with E-state index < -0.39 is 0 Å². The molecule has 15 heavy (non-hydrogen) atoms. The Morgan fingerprint density at radius 3 is 3.00 bits per heavy atom. The third-order valence-electron chi connectivity index (χ3n) is 2.85. The minimum atomic E-state index is 0.830. The zero-order valence-electron chi connectivity index (χ0n) is 9.08. The van der Waals surface area contributed by atoms with Crippen molar-refractivity contribution in [3.05, 3.63) is 17.5 Å². The molecule has 1 aromatic rings. The van der Waals surface area contributed by atoms with Gasteiger partial charge in [0.05, 0.1) is 4.21 Å². The monoisotopic (exact) mass is 241 g/mol. The van der Waals surface area contributed by atoms with Gasteiger partial charge in [-0.1, -0.05) is 18.9 Å². The van der Waals surface area contributed by atoms with E-state index in [-0.39, 0.29) is 0 Å². The minimum absolute atomic E-state index is 0.830. The summed E-state index contributed by atoms with van der Waals surface area (Å²) in [5.74, 6) is 1.25. The molecule has 1 aromatic heterocycles. The predicted octanol–water partition coefficient (Wildman–Crippen LogP) is 3.76. The van der Waals surface area contributed by atoms with Gasteiger partial charge in [0, 0.05) is 6.04 Å². The Hall–Kier alpha value is 0.01000. The van der Waals surface area contributed by atoms with Gasteiger partial charge in [-0.2, -0.15) is 0 Å². The molecular weight excluding hydrogens is 222 g/mol. The zero-order chi connectivity index (χ0) is 10.3. The van der Waals surface area contributed by atoms with Gasteiger partial charge in [0.1, 0.15) is 0 Å². The lowest BCUT2D eigenvalue weighted by Gasteiger charge is -2.10. The third-order valence-corrected chi connectivity index (χ3v) is 5.07. The lowest BCUT2D eigenvalue weighted by atomic mass is 10.2. The van der Waals surface area contributed by atoms with Crippen molar-refractivity contribution in [2.75, 3.05) is 12.3 Å². The first kappa shape index (κ1) is 11.5. The highest BCUT2D eigenvalue weighted by Crippen LogP contribution is 2.23. The van der Waals surface area contributed by atoms with Crippen LogP contribution in [-0.4, -0.2) is 18.3 Å². The highest BCUT2D eigenvalue weighted by molar-refractivity contribution is 8.01. The predicted molar refractivity (Wildman–Crippen MR) is 69.9 cm³/mol. The molecule has 0 unspecified atom stereocenters. The zero-order valence-corrected chi connectivity index (χ0v) is 10.7. The fraction of sp³-hybridized carbons (Fsp3) is 0.667. The Labute approximate surface area is 101 Å². The van der Waals surface area contributed by atoms with Crippen LogP contribution in [-0.2, 0) is 0 Å². The van der Waals surface area contributed by atoms with Crippen molar-refractivity contribution < 1.29 is 0 Å². The maximum absolute atomic E-state index is 3.65. The van der Waals surface area contributed by atoms with E-state index in [1.165, 1.54) is 48.6 Å². The molecule has 2 rings (SSSR count). The maximum Gasteiger partial charge on any atom is 0.0598 e. The molecule has 1 nitrogen and oxygen atoms in total. The van der Waals surface area contributed by atoms with Gasteiger partial charge < -0.3 is 5.32 Å². The lowest BCUT2D eigenvalue weighted by molar-refractivity contribution is 0.525. The van der Waals surface area contributed by atoms with Crippen LogP contribution in [0.25, 0.3) is 0 Å². The SMILES string of the molecule is c1csc(SCCCNC2CCCC2)c1. The summed E-state index contributed by atoms with van der Waals surface area (Å²) in [5, 5.41) is 5.80. The topological polar surface area (TPSA) is 12.0 Å². The summed E-state index contributed by atoms with van der Waals surface area (Å²) in [6, 6.07) is 5.17. The second kappa shape index (κ2) is 6.56. The van der Waals surface area contributed by atoms with Gasteiger partial charge in [-0.15, -0.1) is 23.1 Å². The molecule has 0 spiro atoms. The summed E-state index contributed by atoms with van der Waals surface area (Å²) in [7, 11) is 0.